The SMILES string of the molecule is Cc1ccc(S(=O)(=O)CCC(N)=O)cc1C. The molecule has 0 bridgehead atoms. The highest BCUT2D eigenvalue weighted by Crippen LogP contribution is 2.16. The summed E-state index contributed by atoms with van der Waals surface area (Å²) >= 11 is 0. The molecular formula is C11H15NO3S. The van der Waals surface area contributed by atoms with E-state index in [9.17, 15) is 13.2 Å². The molecule has 1 amide bonds. The van der Waals surface area contributed by atoms with Crippen molar-refractivity contribution >= 4 is 15.7 Å². The van der Waals surface area contributed by atoms with Crippen molar-refractivity contribution < 1.29 is 13.2 Å². The van der Waals surface area contributed by atoms with Crippen LogP contribution in [0, 0.1) is 13.8 Å². The Morgan fingerprint density at radius 2 is 1.88 bits per heavy atom. The van der Waals surface area contributed by atoms with Crippen LogP contribution in [0.1, 0.15) is 17.5 Å². The first-order chi connectivity index (χ1) is 7.33. The summed E-state index contributed by atoms with van der Waals surface area (Å²) in [4.78, 5) is 10.8. The maximum absolute atomic E-state index is 11.8. The molecule has 5 heteroatoms. The Kier molecular flexibility index (Phi) is 3.70. The third kappa shape index (κ3) is 3.06. The van der Waals surface area contributed by atoms with E-state index in [1.807, 2.05) is 13.8 Å². The summed E-state index contributed by atoms with van der Waals surface area (Å²) in [5.74, 6) is -0.836. The van der Waals surface area contributed by atoms with E-state index in [0.29, 0.717) is 0 Å². The lowest BCUT2D eigenvalue weighted by molar-refractivity contribution is -0.117. The van der Waals surface area contributed by atoms with E-state index < -0.39 is 15.7 Å². The Bertz CT molecular complexity index is 506. The van der Waals surface area contributed by atoms with E-state index in [1.54, 1.807) is 18.2 Å². The minimum atomic E-state index is -3.40. The lowest BCUT2D eigenvalue weighted by Gasteiger charge is -2.06. The highest BCUT2D eigenvalue weighted by molar-refractivity contribution is 7.91. The monoisotopic (exact) mass is 241 g/mol. The maximum atomic E-state index is 11.8. The summed E-state index contributed by atoms with van der Waals surface area (Å²) in [6.45, 7) is 3.76. The molecule has 0 aromatic heterocycles. The van der Waals surface area contributed by atoms with Gasteiger partial charge in [-0.1, -0.05) is 6.07 Å². The first-order valence-electron chi connectivity index (χ1n) is 4.91. The second kappa shape index (κ2) is 4.65. The van der Waals surface area contributed by atoms with Gasteiger partial charge >= 0.3 is 0 Å². The van der Waals surface area contributed by atoms with Gasteiger partial charge in [-0.05, 0) is 37.1 Å². The number of sulfone groups is 1. The zero-order valence-corrected chi connectivity index (χ0v) is 10.2. The molecule has 0 atom stereocenters. The van der Waals surface area contributed by atoms with Crippen molar-refractivity contribution in [1.29, 1.82) is 0 Å². The summed E-state index contributed by atoms with van der Waals surface area (Å²) in [7, 11) is -3.40. The number of aryl methyl sites for hydroxylation is 2. The quantitative estimate of drug-likeness (QED) is 0.852. The molecule has 0 heterocycles. The molecule has 0 aliphatic carbocycles. The number of carbonyl (C=O) groups is 1. The number of primary amides is 1. The third-order valence-corrected chi connectivity index (χ3v) is 4.17. The predicted molar refractivity (Wildman–Crippen MR) is 61.8 cm³/mol. The number of amides is 1. The number of benzene rings is 1. The largest absolute Gasteiger partial charge is 0.370 e. The molecule has 0 saturated carbocycles. The fraction of sp³-hybridized carbons (Fsp3) is 0.364. The van der Waals surface area contributed by atoms with E-state index >= 15 is 0 Å². The summed E-state index contributed by atoms with van der Waals surface area (Å²) in [6.07, 6.45) is -0.144. The van der Waals surface area contributed by atoms with Crippen molar-refractivity contribution in [2.75, 3.05) is 5.75 Å². The van der Waals surface area contributed by atoms with Gasteiger partial charge in [0.05, 0.1) is 10.6 Å². The summed E-state index contributed by atoms with van der Waals surface area (Å²) < 4.78 is 23.6. The van der Waals surface area contributed by atoms with Crippen LogP contribution >= 0.6 is 0 Å². The molecule has 0 saturated heterocycles. The fourth-order valence-corrected chi connectivity index (χ4v) is 2.60. The van der Waals surface area contributed by atoms with Gasteiger partial charge < -0.3 is 5.73 Å². The van der Waals surface area contributed by atoms with Crippen molar-refractivity contribution in [3.8, 4) is 0 Å². The third-order valence-electron chi connectivity index (χ3n) is 2.45. The average Bonchev–Trinajstić information content (AvgIpc) is 2.19. The molecule has 1 aromatic rings. The van der Waals surface area contributed by atoms with Gasteiger partial charge in [0, 0.05) is 6.42 Å². The number of rotatable bonds is 4. The van der Waals surface area contributed by atoms with Crippen LogP contribution in [0.5, 0.6) is 0 Å². The van der Waals surface area contributed by atoms with Crippen molar-refractivity contribution in [3.05, 3.63) is 29.3 Å². The first kappa shape index (κ1) is 12.7. The maximum Gasteiger partial charge on any atom is 0.218 e. The molecule has 0 fully saturated rings. The van der Waals surface area contributed by atoms with Gasteiger partial charge in [0.25, 0.3) is 0 Å². The van der Waals surface area contributed by atoms with Crippen molar-refractivity contribution in [2.45, 2.75) is 25.2 Å². The lowest BCUT2D eigenvalue weighted by atomic mass is 10.1. The zero-order valence-electron chi connectivity index (χ0n) is 9.36. The van der Waals surface area contributed by atoms with E-state index in [1.165, 1.54) is 0 Å². The molecule has 88 valence electrons. The van der Waals surface area contributed by atoms with Gasteiger partial charge in [0.1, 0.15) is 0 Å². The molecule has 0 spiro atoms. The Morgan fingerprint density at radius 3 is 2.38 bits per heavy atom. The molecule has 0 aliphatic rings. The lowest BCUT2D eigenvalue weighted by Crippen LogP contribution is -2.17. The highest BCUT2D eigenvalue weighted by atomic mass is 32.2. The van der Waals surface area contributed by atoms with Crippen LogP contribution in [0.2, 0.25) is 0 Å². The number of hydrogen-bond donors (Lipinski definition) is 1. The molecule has 1 rings (SSSR count). The molecule has 0 aliphatic heterocycles. The van der Waals surface area contributed by atoms with E-state index in [2.05, 4.69) is 0 Å². The smallest absolute Gasteiger partial charge is 0.218 e. The van der Waals surface area contributed by atoms with Crippen molar-refractivity contribution in [2.24, 2.45) is 5.73 Å². The summed E-state index contributed by atoms with van der Waals surface area (Å²) in [6, 6.07) is 4.93. The van der Waals surface area contributed by atoms with Gasteiger partial charge in [0.15, 0.2) is 9.84 Å². The van der Waals surface area contributed by atoms with Gasteiger partial charge in [0.2, 0.25) is 5.91 Å². The standard InChI is InChI=1S/C11H15NO3S/c1-8-3-4-10(7-9(8)2)16(14,15)6-5-11(12)13/h3-4,7H,5-6H2,1-2H3,(H2,12,13). The Morgan fingerprint density at radius 1 is 1.25 bits per heavy atom. The van der Waals surface area contributed by atoms with Crippen LogP contribution < -0.4 is 5.73 Å². The fourth-order valence-electron chi connectivity index (χ4n) is 1.26. The molecular weight excluding hydrogens is 226 g/mol. The van der Waals surface area contributed by atoms with Crippen molar-refractivity contribution in [1.82, 2.24) is 0 Å². The van der Waals surface area contributed by atoms with Crippen LogP contribution in [0.25, 0.3) is 0 Å². The van der Waals surface area contributed by atoms with Crippen LogP contribution in [0.4, 0.5) is 0 Å². The molecule has 0 unspecified atom stereocenters. The molecule has 16 heavy (non-hydrogen) atoms. The van der Waals surface area contributed by atoms with Crippen LogP contribution in [0.3, 0.4) is 0 Å². The van der Waals surface area contributed by atoms with Crippen LogP contribution in [-0.4, -0.2) is 20.1 Å². The molecule has 4 nitrogen and oxygen atoms in total. The summed E-state index contributed by atoms with van der Waals surface area (Å²) in [5, 5.41) is 0. The van der Waals surface area contributed by atoms with E-state index in [0.717, 1.165) is 11.1 Å². The first-order valence-corrected chi connectivity index (χ1v) is 6.56. The predicted octanol–water partition coefficient (Wildman–Crippen LogP) is 0.953. The van der Waals surface area contributed by atoms with Crippen molar-refractivity contribution in [3.63, 3.8) is 0 Å². The van der Waals surface area contributed by atoms with Gasteiger partial charge in [-0.2, -0.15) is 0 Å². The normalized spacial score (nSPS) is 11.4. The number of carbonyl (C=O) groups excluding carboxylic acids is 1. The minimum Gasteiger partial charge on any atom is -0.370 e. The van der Waals surface area contributed by atoms with E-state index in [-0.39, 0.29) is 17.1 Å². The zero-order chi connectivity index (χ0) is 12.3. The van der Waals surface area contributed by atoms with Gasteiger partial charge in [-0.3, -0.25) is 4.79 Å². The Labute approximate surface area is 95.4 Å². The van der Waals surface area contributed by atoms with Gasteiger partial charge in [-0.25, -0.2) is 8.42 Å². The second-order valence-electron chi connectivity index (χ2n) is 3.78. The minimum absolute atomic E-state index is 0.144. The number of hydrogen-bond acceptors (Lipinski definition) is 3. The Balaban J connectivity index is 2.99. The number of nitrogens with two attached hydrogens (primary N) is 1. The average molecular weight is 241 g/mol. The van der Waals surface area contributed by atoms with Gasteiger partial charge in [-0.15, -0.1) is 0 Å². The topological polar surface area (TPSA) is 77.2 Å². The van der Waals surface area contributed by atoms with Crippen LogP contribution in [-0.2, 0) is 14.6 Å². The Hall–Kier alpha value is -1.36. The molecule has 1 aromatic carbocycles. The molecule has 2 N–H and O–H groups in total. The van der Waals surface area contributed by atoms with E-state index in [4.69, 9.17) is 5.73 Å². The van der Waals surface area contributed by atoms with Crippen LogP contribution in [0.15, 0.2) is 23.1 Å². The second-order valence-corrected chi connectivity index (χ2v) is 5.89. The molecule has 0 radical (unpaired) electrons. The summed E-state index contributed by atoms with van der Waals surface area (Å²) in [5.41, 5.74) is 6.88. The highest BCUT2D eigenvalue weighted by Gasteiger charge is 2.15.